The van der Waals surface area contributed by atoms with Crippen molar-refractivity contribution in [1.82, 2.24) is 15.1 Å². The van der Waals surface area contributed by atoms with Gasteiger partial charge in [0.2, 0.25) is 10.0 Å². The van der Waals surface area contributed by atoms with Gasteiger partial charge >= 0.3 is 0 Å². The van der Waals surface area contributed by atoms with Crippen LogP contribution < -0.4 is 10.5 Å². The van der Waals surface area contributed by atoms with Gasteiger partial charge in [-0.05, 0) is 6.42 Å². The highest BCUT2D eigenvalue weighted by Crippen LogP contribution is 1.97. The fourth-order valence-corrected chi connectivity index (χ4v) is 1.73. The number of nitrogens with zero attached hydrogens (tertiary/aromatic N) is 2. The molecule has 1 rings (SSSR count). The number of sulfonamides is 1. The first kappa shape index (κ1) is 13.1. The van der Waals surface area contributed by atoms with Gasteiger partial charge in [0.25, 0.3) is 0 Å². The molecule has 0 bridgehead atoms. The Morgan fingerprint density at radius 2 is 2.31 bits per heavy atom. The molecule has 92 valence electrons. The molecule has 0 fully saturated rings. The summed E-state index contributed by atoms with van der Waals surface area (Å²) >= 11 is 0. The second-order valence-electron chi connectivity index (χ2n) is 3.66. The molecule has 0 radical (unpaired) electrons. The summed E-state index contributed by atoms with van der Waals surface area (Å²) in [6, 6.07) is 0. The zero-order valence-electron chi connectivity index (χ0n) is 9.39. The van der Waals surface area contributed by atoms with Gasteiger partial charge in [-0.1, -0.05) is 6.92 Å². The Kier molecular flexibility index (Phi) is 4.91. The van der Waals surface area contributed by atoms with Gasteiger partial charge in [-0.2, -0.15) is 5.10 Å². The smallest absolute Gasteiger partial charge is 0.210 e. The summed E-state index contributed by atoms with van der Waals surface area (Å²) in [4.78, 5) is 0. The van der Waals surface area contributed by atoms with Crippen LogP contribution in [0.15, 0.2) is 12.4 Å². The SMILES string of the molecule is CCCn1cc(CNCCS(N)(=O)=O)cn1. The maximum Gasteiger partial charge on any atom is 0.210 e. The van der Waals surface area contributed by atoms with Crippen molar-refractivity contribution in [1.29, 1.82) is 0 Å². The lowest BCUT2D eigenvalue weighted by Gasteiger charge is -2.01. The monoisotopic (exact) mass is 246 g/mol. The number of primary sulfonamides is 1. The van der Waals surface area contributed by atoms with E-state index in [-0.39, 0.29) is 5.75 Å². The van der Waals surface area contributed by atoms with E-state index < -0.39 is 10.0 Å². The summed E-state index contributed by atoms with van der Waals surface area (Å²) in [5.74, 6) is -0.0455. The minimum atomic E-state index is -3.37. The molecule has 0 spiro atoms. The Morgan fingerprint density at radius 3 is 2.94 bits per heavy atom. The van der Waals surface area contributed by atoms with Gasteiger partial charge in [0.1, 0.15) is 0 Å². The average molecular weight is 246 g/mol. The molecular formula is C9H18N4O2S. The van der Waals surface area contributed by atoms with Crippen LogP contribution in [-0.2, 0) is 23.1 Å². The van der Waals surface area contributed by atoms with Crippen LogP contribution in [-0.4, -0.2) is 30.5 Å². The van der Waals surface area contributed by atoms with E-state index in [4.69, 9.17) is 5.14 Å². The van der Waals surface area contributed by atoms with Gasteiger partial charge in [0, 0.05) is 31.4 Å². The van der Waals surface area contributed by atoms with Crippen molar-refractivity contribution in [2.45, 2.75) is 26.4 Å². The third-order valence-corrected chi connectivity index (χ3v) is 2.81. The number of nitrogens with one attached hydrogen (secondary N) is 1. The molecular weight excluding hydrogens is 228 g/mol. The number of aryl methyl sites for hydroxylation is 1. The Morgan fingerprint density at radius 1 is 1.56 bits per heavy atom. The lowest BCUT2D eigenvalue weighted by Crippen LogP contribution is -2.26. The third-order valence-electron chi connectivity index (χ3n) is 2.03. The molecule has 3 N–H and O–H groups in total. The standard InChI is InChI=1S/C9H18N4O2S/c1-2-4-13-8-9(7-12-13)6-11-3-5-16(10,14)15/h7-8,11H,2-6H2,1H3,(H2,10,14,15). The quantitative estimate of drug-likeness (QED) is 0.645. The van der Waals surface area contributed by atoms with Gasteiger partial charge in [-0.25, -0.2) is 13.6 Å². The third kappa shape index (κ3) is 5.24. The predicted octanol–water partition coefficient (Wildman–Crippen LogP) is -0.329. The molecule has 0 unspecified atom stereocenters. The van der Waals surface area contributed by atoms with E-state index in [0.29, 0.717) is 13.1 Å². The van der Waals surface area contributed by atoms with Crippen LogP contribution in [0.1, 0.15) is 18.9 Å². The summed E-state index contributed by atoms with van der Waals surface area (Å²) in [6.45, 7) is 3.96. The van der Waals surface area contributed by atoms with E-state index in [2.05, 4.69) is 17.3 Å². The van der Waals surface area contributed by atoms with Crippen molar-refractivity contribution >= 4 is 10.0 Å². The maximum absolute atomic E-state index is 10.7. The molecule has 0 saturated carbocycles. The number of nitrogens with two attached hydrogens (primary N) is 1. The number of aromatic nitrogens is 2. The summed E-state index contributed by atoms with van der Waals surface area (Å²) in [5, 5.41) is 12.0. The summed E-state index contributed by atoms with van der Waals surface area (Å²) in [5.41, 5.74) is 1.04. The summed E-state index contributed by atoms with van der Waals surface area (Å²) in [6.07, 6.45) is 4.77. The van der Waals surface area contributed by atoms with E-state index >= 15 is 0 Å². The van der Waals surface area contributed by atoms with Crippen molar-refractivity contribution in [3.8, 4) is 0 Å². The molecule has 16 heavy (non-hydrogen) atoms. The molecule has 0 saturated heterocycles. The normalized spacial score (nSPS) is 11.9. The Hall–Kier alpha value is -0.920. The van der Waals surface area contributed by atoms with Gasteiger partial charge in [-0.15, -0.1) is 0 Å². The lowest BCUT2D eigenvalue weighted by molar-refractivity contribution is 0.591. The minimum absolute atomic E-state index is 0.0455. The van der Waals surface area contributed by atoms with Crippen LogP contribution in [0.25, 0.3) is 0 Å². The van der Waals surface area contributed by atoms with Crippen molar-refractivity contribution < 1.29 is 8.42 Å². The zero-order chi connectivity index (χ0) is 12.0. The first-order chi connectivity index (χ1) is 7.51. The minimum Gasteiger partial charge on any atom is -0.311 e. The van der Waals surface area contributed by atoms with E-state index in [1.807, 2.05) is 10.9 Å². The van der Waals surface area contributed by atoms with E-state index in [1.54, 1.807) is 6.20 Å². The van der Waals surface area contributed by atoms with Crippen LogP contribution in [0.2, 0.25) is 0 Å². The highest BCUT2D eigenvalue weighted by molar-refractivity contribution is 7.89. The largest absolute Gasteiger partial charge is 0.311 e. The molecule has 0 aliphatic heterocycles. The van der Waals surface area contributed by atoms with Gasteiger partial charge in [-0.3, -0.25) is 4.68 Å². The maximum atomic E-state index is 10.7. The van der Waals surface area contributed by atoms with Crippen molar-refractivity contribution in [3.63, 3.8) is 0 Å². The average Bonchev–Trinajstić information content (AvgIpc) is 2.60. The van der Waals surface area contributed by atoms with Crippen LogP contribution >= 0.6 is 0 Å². The first-order valence-corrected chi connectivity index (χ1v) is 6.95. The molecule has 6 nitrogen and oxygen atoms in total. The van der Waals surface area contributed by atoms with Crippen molar-refractivity contribution in [3.05, 3.63) is 18.0 Å². The Bertz CT molecular complexity index is 413. The van der Waals surface area contributed by atoms with E-state index in [9.17, 15) is 8.42 Å². The topological polar surface area (TPSA) is 90.0 Å². The Labute approximate surface area is 95.9 Å². The van der Waals surface area contributed by atoms with Crippen LogP contribution in [0.4, 0.5) is 0 Å². The first-order valence-electron chi connectivity index (χ1n) is 5.24. The number of hydrogen-bond donors (Lipinski definition) is 2. The molecule has 7 heteroatoms. The van der Waals surface area contributed by atoms with Crippen molar-refractivity contribution in [2.24, 2.45) is 5.14 Å². The fraction of sp³-hybridized carbons (Fsp3) is 0.667. The second kappa shape index (κ2) is 5.97. The van der Waals surface area contributed by atoms with E-state index in [1.165, 1.54) is 0 Å². The van der Waals surface area contributed by atoms with Gasteiger partial charge in [0.05, 0.1) is 11.9 Å². The molecule has 1 heterocycles. The highest BCUT2D eigenvalue weighted by Gasteiger charge is 2.02. The molecule has 0 aliphatic rings. The van der Waals surface area contributed by atoms with Crippen molar-refractivity contribution in [2.75, 3.05) is 12.3 Å². The lowest BCUT2D eigenvalue weighted by atomic mass is 10.3. The van der Waals surface area contributed by atoms with Crippen LogP contribution in [0, 0.1) is 0 Å². The molecule has 0 amide bonds. The molecule has 1 aromatic heterocycles. The van der Waals surface area contributed by atoms with Crippen LogP contribution in [0.3, 0.4) is 0 Å². The van der Waals surface area contributed by atoms with Gasteiger partial charge < -0.3 is 5.32 Å². The second-order valence-corrected chi connectivity index (χ2v) is 5.39. The predicted molar refractivity (Wildman–Crippen MR) is 62.2 cm³/mol. The highest BCUT2D eigenvalue weighted by atomic mass is 32.2. The Balaban J connectivity index is 2.26. The van der Waals surface area contributed by atoms with Gasteiger partial charge in [0.15, 0.2) is 0 Å². The summed E-state index contributed by atoms with van der Waals surface area (Å²) < 4.78 is 23.2. The zero-order valence-corrected chi connectivity index (χ0v) is 10.2. The number of rotatable bonds is 7. The van der Waals surface area contributed by atoms with Crippen LogP contribution in [0.5, 0.6) is 0 Å². The molecule has 0 aliphatic carbocycles. The number of hydrogen-bond acceptors (Lipinski definition) is 4. The molecule has 0 aromatic carbocycles. The van der Waals surface area contributed by atoms with E-state index in [0.717, 1.165) is 18.5 Å². The molecule has 0 atom stereocenters. The molecule has 1 aromatic rings. The fourth-order valence-electron chi connectivity index (χ4n) is 1.30. The summed E-state index contributed by atoms with van der Waals surface area (Å²) in [7, 11) is -3.37.